The Kier molecular flexibility index (Phi) is 4.30. The van der Waals surface area contributed by atoms with E-state index < -0.39 is 5.97 Å². The Morgan fingerprint density at radius 3 is 2.27 bits per heavy atom. The zero-order chi connectivity index (χ0) is 16.4. The zero-order valence-corrected chi connectivity index (χ0v) is 13.4. The molecule has 2 rings (SSSR count). The third-order valence-electron chi connectivity index (χ3n) is 3.32. The smallest absolute Gasteiger partial charge is 0.358 e. The van der Waals surface area contributed by atoms with Crippen molar-refractivity contribution < 1.29 is 14.3 Å². The second-order valence-corrected chi connectivity index (χ2v) is 5.25. The molecule has 0 atom stereocenters. The number of benzene rings is 1. The Labute approximate surface area is 129 Å². The Balaban J connectivity index is 2.38. The first-order valence-electron chi connectivity index (χ1n) is 6.85. The van der Waals surface area contributed by atoms with Gasteiger partial charge in [0.05, 0.1) is 18.5 Å². The molecule has 1 amide bonds. The second kappa shape index (κ2) is 6.01. The van der Waals surface area contributed by atoms with Crippen LogP contribution >= 0.6 is 0 Å². The van der Waals surface area contributed by atoms with Gasteiger partial charge >= 0.3 is 5.97 Å². The maximum atomic E-state index is 12.4. The van der Waals surface area contributed by atoms with Crippen molar-refractivity contribution >= 4 is 17.6 Å². The molecule has 1 aromatic heterocycles. The summed E-state index contributed by atoms with van der Waals surface area (Å²) in [6.07, 6.45) is 0. The minimum absolute atomic E-state index is 0.220. The Morgan fingerprint density at radius 1 is 1.14 bits per heavy atom. The quantitative estimate of drug-likeness (QED) is 0.883. The number of hydrogen-bond acceptors (Lipinski definition) is 4. The van der Waals surface area contributed by atoms with Gasteiger partial charge in [-0.3, -0.25) is 9.48 Å². The predicted molar refractivity (Wildman–Crippen MR) is 83.2 cm³/mol. The van der Waals surface area contributed by atoms with Crippen molar-refractivity contribution in [3.63, 3.8) is 0 Å². The lowest BCUT2D eigenvalue weighted by Gasteiger charge is -2.08. The zero-order valence-electron chi connectivity index (χ0n) is 13.4. The summed E-state index contributed by atoms with van der Waals surface area (Å²) >= 11 is 0. The maximum absolute atomic E-state index is 12.4. The van der Waals surface area contributed by atoms with Crippen molar-refractivity contribution in [2.24, 2.45) is 7.05 Å². The summed E-state index contributed by atoms with van der Waals surface area (Å²) in [4.78, 5) is 24.3. The highest BCUT2D eigenvalue weighted by Crippen LogP contribution is 2.22. The molecule has 6 heteroatoms. The molecular weight excluding hydrogens is 282 g/mol. The number of nitrogens with zero attached hydrogens (tertiary/aromatic N) is 2. The number of hydrogen-bond donors (Lipinski definition) is 1. The molecule has 22 heavy (non-hydrogen) atoms. The van der Waals surface area contributed by atoms with E-state index in [4.69, 9.17) is 4.74 Å². The highest BCUT2D eigenvalue weighted by molar-refractivity contribution is 6.08. The number of ether oxygens (including phenoxy) is 1. The number of carbonyl (C=O) groups excluding carboxylic acids is 2. The minimum atomic E-state index is -0.543. The predicted octanol–water partition coefficient (Wildman–Crippen LogP) is 2.38. The molecule has 0 saturated carbocycles. The van der Waals surface area contributed by atoms with E-state index in [1.165, 1.54) is 11.8 Å². The monoisotopic (exact) mass is 301 g/mol. The molecule has 1 aromatic carbocycles. The van der Waals surface area contributed by atoms with Gasteiger partial charge < -0.3 is 10.1 Å². The van der Waals surface area contributed by atoms with Gasteiger partial charge in [-0.25, -0.2) is 4.79 Å². The molecule has 0 bridgehead atoms. The molecule has 1 N–H and O–H groups in total. The highest BCUT2D eigenvalue weighted by atomic mass is 16.5. The lowest BCUT2D eigenvalue weighted by atomic mass is 10.1. The molecule has 0 unspecified atom stereocenters. The molecule has 0 aliphatic carbocycles. The number of nitrogens with one attached hydrogen (secondary N) is 1. The van der Waals surface area contributed by atoms with Crippen molar-refractivity contribution in [1.29, 1.82) is 0 Å². The van der Waals surface area contributed by atoms with Gasteiger partial charge in [-0.1, -0.05) is 17.2 Å². The number of anilines is 1. The number of methoxy groups -OCH3 is 1. The van der Waals surface area contributed by atoms with Crippen molar-refractivity contribution in [2.45, 2.75) is 20.8 Å². The number of carbonyl (C=O) groups is 2. The van der Waals surface area contributed by atoms with Crippen LogP contribution in [0.3, 0.4) is 0 Å². The molecule has 0 aliphatic heterocycles. The van der Waals surface area contributed by atoms with E-state index in [2.05, 4.69) is 10.4 Å². The van der Waals surface area contributed by atoms with E-state index in [1.807, 2.05) is 19.9 Å². The van der Waals surface area contributed by atoms with Crippen LogP contribution in [0.4, 0.5) is 5.69 Å². The van der Waals surface area contributed by atoms with Crippen LogP contribution in [0.5, 0.6) is 0 Å². The van der Waals surface area contributed by atoms with Crippen LogP contribution in [0.25, 0.3) is 0 Å². The third kappa shape index (κ3) is 3.00. The molecule has 0 spiro atoms. The van der Waals surface area contributed by atoms with Gasteiger partial charge in [0, 0.05) is 12.6 Å². The van der Waals surface area contributed by atoms with Gasteiger partial charge in [-0.05, 0) is 32.9 Å². The van der Waals surface area contributed by atoms with Gasteiger partial charge in [-0.2, -0.15) is 5.10 Å². The normalized spacial score (nSPS) is 10.4. The number of aryl methyl sites for hydroxylation is 4. The van der Waals surface area contributed by atoms with E-state index in [-0.39, 0.29) is 11.6 Å². The van der Waals surface area contributed by atoms with Crippen LogP contribution in [0.15, 0.2) is 18.2 Å². The Morgan fingerprint density at radius 2 is 1.73 bits per heavy atom. The first-order chi connectivity index (χ1) is 10.3. The van der Waals surface area contributed by atoms with Crippen molar-refractivity contribution in [1.82, 2.24) is 9.78 Å². The van der Waals surface area contributed by atoms with E-state index in [9.17, 15) is 9.59 Å². The number of rotatable bonds is 3. The summed E-state index contributed by atoms with van der Waals surface area (Å²) in [5.41, 5.74) is 3.69. The van der Waals surface area contributed by atoms with Crippen molar-refractivity contribution in [3.8, 4) is 0 Å². The van der Waals surface area contributed by atoms with Crippen LogP contribution in [0.2, 0.25) is 0 Å². The SMILES string of the molecule is COC(=O)c1c(NC(=O)c2cc(C)cc(C)c2)c(C)nn1C. The summed E-state index contributed by atoms with van der Waals surface area (Å²) in [6.45, 7) is 5.58. The van der Waals surface area contributed by atoms with E-state index in [0.717, 1.165) is 11.1 Å². The Hall–Kier alpha value is -2.63. The molecule has 0 aliphatic rings. The van der Waals surface area contributed by atoms with Crippen LogP contribution in [0.1, 0.15) is 37.7 Å². The van der Waals surface area contributed by atoms with Gasteiger partial charge in [0.2, 0.25) is 0 Å². The average Bonchev–Trinajstić information content (AvgIpc) is 2.71. The number of amides is 1. The summed E-state index contributed by atoms with van der Waals surface area (Å²) in [5, 5.41) is 6.93. The van der Waals surface area contributed by atoms with Crippen LogP contribution in [-0.4, -0.2) is 28.8 Å². The van der Waals surface area contributed by atoms with Gasteiger partial charge in [0.25, 0.3) is 5.91 Å². The first kappa shape index (κ1) is 15.8. The molecule has 6 nitrogen and oxygen atoms in total. The molecule has 116 valence electrons. The molecule has 0 radical (unpaired) electrons. The number of aromatic nitrogens is 2. The van der Waals surface area contributed by atoms with Crippen molar-refractivity contribution in [2.75, 3.05) is 12.4 Å². The topological polar surface area (TPSA) is 73.2 Å². The molecule has 1 heterocycles. The summed E-state index contributed by atoms with van der Waals surface area (Å²) in [5.74, 6) is -0.827. The fraction of sp³-hybridized carbons (Fsp3) is 0.312. The Bertz CT molecular complexity index is 727. The summed E-state index contributed by atoms with van der Waals surface area (Å²) in [7, 11) is 2.92. The summed E-state index contributed by atoms with van der Waals surface area (Å²) in [6, 6.07) is 5.59. The van der Waals surface area contributed by atoms with Crippen LogP contribution in [-0.2, 0) is 11.8 Å². The van der Waals surface area contributed by atoms with E-state index in [0.29, 0.717) is 16.9 Å². The van der Waals surface area contributed by atoms with Crippen LogP contribution < -0.4 is 5.32 Å². The molecule has 0 saturated heterocycles. The second-order valence-electron chi connectivity index (χ2n) is 5.25. The maximum Gasteiger partial charge on any atom is 0.358 e. The molecular formula is C16H19N3O3. The third-order valence-corrected chi connectivity index (χ3v) is 3.32. The fourth-order valence-electron chi connectivity index (χ4n) is 2.43. The minimum Gasteiger partial charge on any atom is -0.464 e. The lowest BCUT2D eigenvalue weighted by Crippen LogP contribution is -2.17. The van der Waals surface area contributed by atoms with E-state index >= 15 is 0 Å². The fourth-order valence-corrected chi connectivity index (χ4v) is 2.43. The summed E-state index contributed by atoms with van der Waals surface area (Å²) < 4.78 is 6.15. The van der Waals surface area contributed by atoms with Crippen LogP contribution in [0, 0.1) is 20.8 Å². The van der Waals surface area contributed by atoms with Crippen molar-refractivity contribution in [3.05, 3.63) is 46.3 Å². The number of esters is 1. The standard InChI is InChI=1S/C16H19N3O3/c1-9-6-10(2)8-12(7-9)15(20)17-13-11(3)18-19(4)14(13)16(21)22-5/h6-8H,1-5H3,(H,17,20). The van der Waals surface area contributed by atoms with E-state index in [1.54, 1.807) is 26.1 Å². The van der Waals surface area contributed by atoms with Gasteiger partial charge in [0.15, 0.2) is 5.69 Å². The lowest BCUT2D eigenvalue weighted by molar-refractivity contribution is 0.0589. The molecule has 2 aromatic rings. The average molecular weight is 301 g/mol. The largest absolute Gasteiger partial charge is 0.464 e. The van der Waals surface area contributed by atoms with Gasteiger partial charge in [-0.15, -0.1) is 0 Å². The van der Waals surface area contributed by atoms with Gasteiger partial charge in [0.1, 0.15) is 0 Å². The highest BCUT2D eigenvalue weighted by Gasteiger charge is 2.22. The first-order valence-corrected chi connectivity index (χ1v) is 6.85. The molecule has 0 fully saturated rings.